The van der Waals surface area contributed by atoms with E-state index in [1.54, 1.807) is 0 Å². The zero-order chi connectivity index (χ0) is 17.6. The quantitative estimate of drug-likeness (QED) is 0.586. The maximum absolute atomic E-state index is 9.45. The number of aryl methyl sites for hydroxylation is 1. The van der Waals surface area contributed by atoms with Crippen LogP contribution in [0.15, 0.2) is 53.9 Å². The summed E-state index contributed by atoms with van der Waals surface area (Å²) in [5.41, 5.74) is 10.1. The fraction of sp³-hybridized carbons (Fsp3) is 0.158. The molecule has 1 heterocycles. The predicted octanol–water partition coefficient (Wildman–Crippen LogP) is 5.21. The van der Waals surface area contributed by atoms with Gasteiger partial charge in [0, 0.05) is 21.7 Å². The summed E-state index contributed by atoms with van der Waals surface area (Å²) in [6.07, 6.45) is 1.00. The Hall–Kier alpha value is -2.39. The van der Waals surface area contributed by atoms with Crippen LogP contribution in [0.4, 0.5) is 5.69 Å². The lowest BCUT2D eigenvalue weighted by atomic mass is 10.1. The van der Waals surface area contributed by atoms with Crippen molar-refractivity contribution in [3.8, 4) is 17.3 Å². The number of nitrogens with one attached hydrogen (secondary N) is 2. The lowest BCUT2D eigenvalue weighted by Gasteiger charge is -2.12. The molecule has 0 saturated carbocycles. The molecule has 1 atom stereocenters. The fourth-order valence-corrected chi connectivity index (χ4v) is 3.25. The van der Waals surface area contributed by atoms with Gasteiger partial charge < -0.3 is 5.43 Å². The van der Waals surface area contributed by atoms with Crippen LogP contribution in [-0.2, 0) is 6.42 Å². The van der Waals surface area contributed by atoms with E-state index >= 15 is 0 Å². The number of benzene rings is 2. The molecule has 0 spiro atoms. The van der Waals surface area contributed by atoms with Gasteiger partial charge in [0.1, 0.15) is 5.01 Å². The molecular formula is C19H17ClN4S. The van der Waals surface area contributed by atoms with Gasteiger partial charge in [-0.25, -0.2) is 10.4 Å². The standard InChI is InChI=1S/C19H17ClN4S/c1-2-13-3-9-16(10-4-13)23-24-17(11-21)19-22-18(12-25-19)14-5-7-15(20)8-6-14/h3-10,12,17,23-24H,2H2,1H3. The molecule has 0 radical (unpaired) electrons. The summed E-state index contributed by atoms with van der Waals surface area (Å²) < 4.78 is 0. The fourth-order valence-electron chi connectivity index (χ4n) is 2.30. The highest BCUT2D eigenvalue weighted by Crippen LogP contribution is 2.26. The van der Waals surface area contributed by atoms with Gasteiger partial charge in [-0.3, -0.25) is 0 Å². The first kappa shape index (κ1) is 17.4. The van der Waals surface area contributed by atoms with Gasteiger partial charge in [0.2, 0.25) is 0 Å². The van der Waals surface area contributed by atoms with Gasteiger partial charge in [-0.2, -0.15) is 5.26 Å². The maximum Gasteiger partial charge on any atom is 0.164 e. The SMILES string of the molecule is CCc1ccc(NNC(C#N)c2nc(-c3ccc(Cl)cc3)cs2)cc1. The molecule has 126 valence electrons. The van der Waals surface area contributed by atoms with Gasteiger partial charge in [0.15, 0.2) is 6.04 Å². The van der Waals surface area contributed by atoms with Crippen LogP contribution in [0.5, 0.6) is 0 Å². The number of halogens is 1. The monoisotopic (exact) mass is 368 g/mol. The van der Waals surface area contributed by atoms with Gasteiger partial charge in [-0.15, -0.1) is 11.3 Å². The van der Waals surface area contributed by atoms with E-state index < -0.39 is 6.04 Å². The van der Waals surface area contributed by atoms with Crippen molar-refractivity contribution >= 4 is 28.6 Å². The van der Waals surface area contributed by atoms with E-state index in [1.807, 2.05) is 41.8 Å². The molecule has 2 aromatic carbocycles. The summed E-state index contributed by atoms with van der Waals surface area (Å²) in [6.45, 7) is 2.12. The molecule has 1 aromatic heterocycles. The minimum absolute atomic E-state index is 0.531. The van der Waals surface area contributed by atoms with Gasteiger partial charge in [-0.1, -0.05) is 42.8 Å². The second kappa shape index (κ2) is 8.13. The Labute approximate surface area is 156 Å². The van der Waals surface area contributed by atoms with Crippen LogP contribution in [0.3, 0.4) is 0 Å². The highest BCUT2D eigenvalue weighted by Gasteiger charge is 2.15. The van der Waals surface area contributed by atoms with Crippen molar-refractivity contribution in [1.82, 2.24) is 10.4 Å². The zero-order valence-corrected chi connectivity index (χ0v) is 15.2. The molecule has 0 aliphatic rings. The Kier molecular flexibility index (Phi) is 5.67. The molecule has 0 aliphatic heterocycles. The van der Waals surface area contributed by atoms with Crippen molar-refractivity contribution < 1.29 is 0 Å². The Morgan fingerprint density at radius 1 is 1.16 bits per heavy atom. The van der Waals surface area contributed by atoms with E-state index in [2.05, 4.69) is 41.0 Å². The molecule has 6 heteroatoms. The second-order valence-corrected chi connectivity index (χ2v) is 6.79. The number of hydrazine groups is 1. The summed E-state index contributed by atoms with van der Waals surface area (Å²) in [6, 6.07) is 17.3. The van der Waals surface area contributed by atoms with Crippen molar-refractivity contribution in [3.63, 3.8) is 0 Å². The Morgan fingerprint density at radius 2 is 1.88 bits per heavy atom. The Bertz CT molecular complexity index is 866. The summed E-state index contributed by atoms with van der Waals surface area (Å²) in [5.74, 6) is 0. The molecule has 0 bridgehead atoms. The van der Waals surface area contributed by atoms with Crippen LogP contribution in [0.25, 0.3) is 11.3 Å². The lowest BCUT2D eigenvalue weighted by molar-refractivity contribution is 0.711. The molecule has 0 aliphatic carbocycles. The highest BCUT2D eigenvalue weighted by molar-refractivity contribution is 7.10. The highest BCUT2D eigenvalue weighted by atomic mass is 35.5. The number of aromatic nitrogens is 1. The van der Waals surface area contributed by atoms with Crippen LogP contribution in [0.1, 0.15) is 23.5 Å². The number of nitrogens with zero attached hydrogens (tertiary/aromatic N) is 2. The molecule has 2 N–H and O–H groups in total. The Morgan fingerprint density at radius 3 is 2.52 bits per heavy atom. The molecule has 3 rings (SSSR count). The smallest absolute Gasteiger partial charge is 0.164 e. The van der Waals surface area contributed by atoms with Gasteiger partial charge >= 0.3 is 0 Å². The van der Waals surface area contributed by atoms with Crippen molar-refractivity contribution in [2.45, 2.75) is 19.4 Å². The number of hydrogen-bond donors (Lipinski definition) is 2. The molecule has 0 amide bonds. The van der Waals surface area contributed by atoms with Crippen molar-refractivity contribution in [2.24, 2.45) is 0 Å². The van der Waals surface area contributed by atoms with E-state index in [0.29, 0.717) is 10.0 Å². The van der Waals surface area contributed by atoms with E-state index in [1.165, 1.54) is 16.9 Å². The molecule has 0 fully saturated rings. The van der Waals surface area contributed by atoms with Crippen LogP contribution in [-0.4, -0.2) is 4.98 Å². The van der Waals surface area contributed by atoms with E-state index in [-0.39, 0.29) is 0 Å². The molecule has 25 heavy (non-hydrogen) atoms. The van der Waals surface area contributed by atoms with Gasteiger partial charge in [-0.05, 0) is 36.2 Å². The number of anilines is 1. The third-order valence-electron chi connectivity index (χ3n) is 3.76. The average Bonchev–Trinajstić information content (AvgIpc) is 3.13. The third-order valence-corrected chi connectivity index (χ3v) is 4.92. The first-order chi connectivity index (χ1) is 12.2. The third kappa shape index (κ3) is 4.37. The van der Waals surface area contributed by atoms with Crippen molar-refractivity contribution in [2.75, 3.05) is 5.43 Å². The molecular weight excluding hydrogens is 352 g/mol. The van der Waals surface area contributed by atoms with Crippen LogP contribution < -0.4 is 10.9 Å². The van der Waals surface area contributed by atoms with E-state index in [9.17, 15) is 5.26 Å². The predicted molar refractivity (Wildman–Crippen MR) is 103 cm³/mol. The average molecular weight is 369 g/mol. The molecule has 0 saturated heterocycles. The number of thiazole rings is 1. The normalized spacial score (nSPS) is 11.7. The van der Waals surface area contributed by atoms with Crippen molar-refractivity contribution in [3.05, 3.63) is 69.5 Å². The van der Waals surface area contributed by atoms with Crippen LogP contribution in [0, 0.1) is 11.3 Å². The number of nitriles is 1. The first-order valence-corrected chi connectivity index (χ1v) is 9.17. The summed E-state index contributed by atoms with van der Waals surface area (Å²) in [5, 5.41) is 12.8. The lowest BCUT2D eigenvalue weighted by Crippen LogP contribution is -2.26. The minimum atomic E-state index is -0.531. The largest absolute Gasteiger partial charge is 0.320 e. The Balaban J connectivity index is 1.68. The summed E-state index contributed by atoms with van der Waals surface area (Å²) >= 11 is 7.37. The molecule has 3 aromatic rings. The first-order valence-electron chi connectivity index (χ1n) is 7.91. The minimum Gasteiger partial charge on any atom is -0.320 e. The second-order valence-electron chi connectivity index (χ2n) is 5.46. The van der Waals surface area contributed by atoms with E-state index in [0.717, 1.165) is 23.4 Å². The molecule has 1 unspecified atom stereocenters. The van der Waals surface area contributed by atoms with Gasteiger partial charge in [0.05, 0.1) is 11.8 Å². The summed E-state index contributed by atoms with van der Waals surface area (Å²) in [4.78, 5) is 4.57. The van der Waals surface area contributed by atoms with Crippen LogP contribution in [0.2, 0.25) is 5.02 Å². The maximum atomic E-state index is 9.45. The van der Waals surface area contributed by atoms with Crippen molar-refractivity contribution in [1.29, 1.82) is 5.26 Å². The summed E-state index contributed by atoms with van der Waals surface area (Å²) in [7, 11) is 0. The van der Waals surface area contributed by atoms with E-state index in [4.69, 9.17) is 11.6 Å². The molecule has 4 nitrogen and oxygen atoms in total. The van der Waals surface area contributed by atoms with Crippen LogP contribution >= 0.6 is 22.9 Å². The zero-order valence-electron chi connectivity index (χ0n) is 13.7. The number of rotatable bonds is 6. The van der Waals surface area contributed by atoms with Gasteiger partial charge in [0.25, 0.3) is 0 Å². The number of hydrogen-bond acceptors (Lipinski definition) is 5. The topological polar surface area (TPSA) is 60.7 Å².